The Hall–Kier alpha value is -3.02. The van der Waals surface area contributed by atoms with Crippen molar-refractivity contribution in [2.24, 2.45) is 0 Å². The van der Waals surface area contributed by atoms with Crippen LogP contribution in [0, 0.1) is 0 Å². The third-order valence-electron chi connectivity index (χ3n) is 3.20. The van der Waals surface area contributed by atoms with Crippen molar-refractivity contribution in [2.75, 3.05) is 30.9 Å². The van der Waals surface area contributed by atoms with Gasteiger partial charge >= 0.3 is 5.97 Å². The SMILES string of the molecule is CCOC(=O)c1ccc(NCC(=O)Nc2cccc(OC)c2)cc1. The van der Waals surface area contributed by atoms with Crippen LogP contribution in [0.4, 0.5) is 11.4 Å². The van der Waals surface area contributed by atoms with Gasteiger partial charge in [0.25, 0.3) is 0 Å². The maximum absolute atomic E-state index is 12.0. The van der Waals surface area contributed by atoms with E-state index in [0.717, 1.165) is 5.69 Å². The number of methoxy groups -OCH3 is 1. The highest BCUT2D eigenvalue weighted by Crippen LogP contribution is 2.16. The van der Waals surface area contributed by atoms with E-state index in [1.54, 1.807) is 62.6 Å². The number of esters is 1. The lowest BCUT2D eigenvalue weighted by molar-refractivity contribution is -0.114. The Bertz CT molecular complexity index is 698. The lowest BCUT2D eigenvalue weighted by atomic mass is 10.2. The first-order valence-electron chi connectivity index (χ1n) is 7.57. The summed E-state index contributed by atoms with van der Waals surface area (Å²) in [5.74, 6) is 0.132. The monoisotopic (exact) mass is 328 g/mol. The minimum Gasteiger partial charge on any atom is -0.497 e. The zero-order chi connectivity index (χ0) is 17.4. The number of hydrogen-bond acceptors (Lipinski definition) is 5. The zero-order valence-electron chi connectivity index (χ0n) is 13.7. The number of benzene rings is 2. The van der Waals surface area contributed by atoms with Crippen LogP contribution >= 0.6 is 0 Å². The van der Waals surface area contributed by atoms with Gasteiger partial charge in [-0.2, -0.15) is 0 Å². The second-order valence-corrected chi connectivity index (χ2v) is 4.93. The molecule has 24 heavy (non-hydrogen) atoms. The quantitative estimate of drug-likeness (QED) is 0.764. The maximum Gasteiger partial charge on any atom is 0.338 e. The molecule has 0 atom stereocenters. The first kappa shape index (κ1) is 17.3. The summed E-state index contributed by atoms with van der Waals surface area (Å²) < 4.78 is 10.0. The van der Waals surface area contributed by atoms with Crippen LogP contribution in [0.2, 0.25) is 0 Å². The Balaban J connectivity index is 1.86. The van der Waals surface area contributed by atoms with Gasteiger partial charge in [-0.1, -0.05) is 6.07 Å². The molecule has 0 saturated heterocycles. The van der Waals surface area contributed by atoms with Crippen LogP contribution in [-0.4, -0.2) is 32.1 Å². The molecule has 2 rings (SSSR count). The summed E-state index contributed by atoms with van der Waals surface area (Å²) in [4.78, 5) is 23.5. The van der Waals surface area contributed by atoms with Crippen LogP contribution in [0.3, 0.4) is 0 Å². The molecule has 0 spiro atoms. The second-order valence-electron chi connectivity index (χ2n) is 4.93. The minimum absolute atomic E-state index is 0.107. The van der Waals surface area contributed by atoms with Gasteiger partial charge in [0.15, 0.2) is 0 Å². The Labute approximate surface area is 140 Å². The number of hydrogen-bond donors (Lipinski definition) is 2. The summed E-state index contributed by atoms with van der Waals surface area (Å²) in [6, 6.07) is 13.9. The van der Waals surface area contributed by atoms with Gasteiger partial charge in [-0.25, -0.2) is 4.79 Å². The van der Waals surface area contributed by atoms with Crippen molar-refractivity contribution >= 4 is 23.3 Å². The molecule has 0 aliphatic carbocycles. The lowest BCUT2D eigenvalue weighted by Gasteiger charge is -2.09. The Morgan fingerprint density at radius 1 is 1.04 bits per heavy atom. The molecule has 1 amide bonds. The molecule has 6 nitrogen and oxygen atoms in total. The van der Waals surface area contributed by atoms with E-state index in [1.807, 2.05) is 0 Å². The molecule has 2 aromatic carbocycles. The largest absolute Gasteiger partial charge is 0.497 e. The number of anilines is 2. The summed E-state index contributed by atoms with van der Waals surface area (Å²) >= 11 is 0. The summed E-state index contributed by atoms with van der Waals surface area (Å²) in [5.41, 5.74) is 1.88. The van der Waals surface area contributed by atoms with E-state index >= 15 is 0 Å². The molecule has 0 aliphatic heterocycles. The highest BCUT2D eigenvalue weighted by molar-refractivity contribution is 5.94. The van der Waals surface area contributed by atoms with Crippen molar-refractivity contribution in [3.63, 3.8) is 0 Å². The first-order chi connectivity index (χ1) is 11.6. The summed E-state index contributed by atoms with van der Waals surface area (Å²) in [5, 5.41) is 5.77. The molecular weight excluding hydrogens is 308 g/mol. The van der Waals surface area contributed by atoms with E-state index in [9.17, 15) is 9.59 Å². The van der Waals surface area contributed by atoms with Crippen LogP contribution in [0.1, 0.15) is 17.3 Å². The van der Waals surface area contributed by atoms with Crippen molar-refractivity contribution in [3.05, 3.63) is 54.1 Å². The molecule has 0 saturated carbocycles. The molecule has 0 heterocycles. The minimum atomic E-state index is -0.361. The highest BCUT2D eigenvalue weighted by atomic mass is 16.5. The molecule has 0 aromatic heterocycles. The topological polar surface area (TPSA) is 76.7 Å². The van der Waals surface area contributed by atoms with Crippen LogP contribution in [0.15, 0.2) is 48.5 Å². The fraction of sp³-hybridized carbons (Fsp3) is 0.222. The number of nitrogens with one attached hydrogen (secondary N) is 2. The van der Waals surface area contributed by atoms with E-state index in [4.69, 9.17) is 9.47 Å². The van der Waals surface area contributed by atoms with Gasteiger partial charge in [-0.15, -0.1) is 0 Å². The Kier molecular flexibility index (Phi) is 6.19. The predicted molar refractivity (Wildman–Crippen MR) is 92.5 cm³/mol. The number of carbonyl (C=O) groups is 2. The average Bonchev–Trinajstić information content (AvgIpc) is 2.61. The molecule has 126 valence electrons. The highest BCUT2D eigenvalue weighted by Gasteiger charge is 2.07. The van der Waals surface area contributed by atoms with E-state index in [2.05, 4.69) is 10.6 Å². The Morgan fingerprint density at radius 2 is 1.79 bits per heavy atom. The van der Waals surface area contributed by atoms with Gasteiger partial charge < -0.3 is 20.1 Å². The number of ether oxygens (including phenoxy) is 2. The van der Waals surface area contributed by atoms with Gasteiger partial charge in [0.2, 0.25) is 5.91 Å². The third-order valence-corrected chi connectivity index (χ3v) is 3.20. The maximum atomic E-state index is 12.0. The molecule has 0 fully saturated rings. The standard InChI is InChI=1S/C18H20N2O4/c1-3-24-18(22)13-7-9-14(10-8-13)19-12-17(21)20-15-5-4-6-16(11-15)23-2/h4-11,19H,3,12H2,1-2H3,(H,20,21). The summed E-state index contributed by atoms with van der Waals surface area (Å²) in [7, 11) is 1.57. The number of amides is 1. The normalized spacial score (nSPS) is 9.92. The van der Waals surface area contributed by atoms with E-state index in [0.29, 0.717) is 23.6 Å². The van der Waals surface area contributed by atoms with E-state index < -0.39 is 0 Å². The third kappa shape index (κ3) is 5.01. The molecule has 2 aromatic rings. The lowest BCUT2D eigenvalue weighted by Crippen LogP contribution is -2.21. The van der Waals surface area contributed by atoms with Crippen molar-refractivity contribution in [1.82, 2.24) is 0 Å². The van der Waals surface area contributed by atoms with Gasteiger partial charge in [0, 0.05) is 17.4 Å². The van der Waals surface area contributed by atoms with E-state index in [-0.39, 0.29) is 18.4 Å². The van der Waals surface area contributed by atoms with Gasteiger partial charge in [-0.3, -0.25) is 4.79 Å². The summed E-state index contributed by atoms with van der Waals surface area (Å²) in [6.45, 7) is 2.20. The molecule has 0 aliphatic rings. The molecule has 2 N–H and O–H groups in total. The van der Waals surface area contributed by atoms with Crippen LogP contribution < -0.4 is 15.4 Å². The fourth-order valence-corrected chi connectivity index (χ4v) is 2.03. The molecule has 0 unspecified atom stereocenters. The molecule has 0 radical (unpaired) electrons. The molecule has 6 heteroatoms. The predicted octanol–water partition coefficient (Wildman–Crippen LogP) is 2.92. The average molecular weight is 328 g/mol. The van der Waals surface area contributed by atoms with Crippen LogP contribution in [0.25, 0.3) is 0 Å². The van der Waals surface area contributed by atoms with Crippen molar-refractivity contribution in [3.8, 4) is 5.75 Å². The smallest absolute Gasteiger partial charge is 0.338 e. The number of carbonyl (C=O) groups excluding carboxylic acids is 2. The van der Waals surface area contributed by atoms with Crippen molar-refractivity contribution in [2.45, 2.75) is 6.92 Å². The fourth-order valence-electron chi connectivity index (χ4n) is 2.03. The van der Waals surface area contributed by atoms with Crippen LogP contribution in [-0.2, 0) is 9.53 Å². The van der Waals surface area contributed by atoms with Crippen molar-refractivity contribution in [1.29, 1.82) is 0 Å². The van der Waals surface area contributed by atoms with E-state index in [1.165, 1.54) is 0 Å². The molecular formula is C18H20N2O4. The number of rotatable bonds is 7. The second kappa shape index (κ2) is 8.57. The van der Waals surface area contributed by atoms with Gasteiger partial charge in [-0.05, 0) is 43.3 Å². The summed E-state index contributed by atoms with van der Waals surface area (Å²) in [6.07, 6.45) is 0. The molecule has 0 bridgehead atoms. The van der Waals surface area contributed by atoms with Gasteiger partial charge in [0.05, 0.1) is 25.8 Å². The zero-order valence-corrected chi connectivity index (χ0v) is 13.7. The Morgan fingerprint density at radius 3 is 2.46 bits per heavy atom. The van der Waals surface area contributed by atoms with Gasteiger partial charge in [0.1, 0.15) is 5.75 Å². The van der Waals surface area contributed by atoms with Crippen molar-refractivity contribution < 1.29 is 19.1 Å². The first-order valence-corrected chi connectivity index (χ1v) is 7.57. The van der Waals surface area contributed by atoms with Crippen LogP contribution in [0.5, 0.6) is 5.75 Å².